The Morgan fingerprint density at radius 3 is 2.56 bits per heavy atom. The van der Waals surface area contributed by atoms with Crippen molar-refractivity contribution in [3.63, 3.8) is 0 Å². The SMILES string of the molecule is O=C(c1cccc(Br)c1F)c1occc1Br. The van der Waals surface area contributed by atoms with E-state index in [9.17, 15) is 9.18 Å². The molecule has 0 bridgehead atoms. The molecule has 1 aromatic heterocycles. The van der Waals surface area contributed by atoms with Gasteiger partial charge < -0.3 is 4.42 Å². The van der Waals surface area contributed by atoms with E-state index in [0.717, 1.165) is 0 Å². The number of hydrogen-bond donors (Lipinski definition) is 0. The van der Waals surface area contributed by atoms with Crippen molar-refractivity contribution < 1.29 is 13.6 Å². The van der Waals surface area contributed by atoms with Crippen LogP contribution < -0.4 is 0 Å². The van der Waals surface area contributed by atoms with Gasteiger partial charge in [-0.05, 0) is 50.1 Å². The molecule has 0 fully saturated rings. The number of carbonyl (C=O) groups is 1. The van der Waals surface area contributed by atoms with Gasteiger partial charge in [-0.2, -0.15) is 0 Å². The monoisotopic (exact) mass is 346 g/mol. The van der Waals surface area contributed by atoms with Crippen molar-refractivity contribution in [2.24, 2.45) is 0 Å². The van der Waals surface area contributed by atoms with Gasteiger partial charge in [0, 0.05) is 0 Å². The van der Waals surface area contributed by atoms with Crippen LogP contribution in [0.5, 0.6) is 0 Å². The molecule has 16 heavy (non-hydrogen) atoms. The van der Waals surface area contributed by atoms with Gasteiger partial charge in [0.25, 0.3) is 0 Å². The Balaban J connectivity index is 2.50. The maximum Gasteiger partial charge on any atom is 0.232 e. The molecule has 0 saturated carbocycles. The van der Waals surface area contributed by atoms with Gasteiger partial charge in [0.15, 0.2) is 5.76 Å². The van der Waals surface area contributed by atoms with Gasteiger partial charge in [0.1, 0.15) is 5.82 Å². The van der Waals surface area contributed by atoms with Gasteiger partial charge in [0.2, 0.25) is 5.78 Å². The van der Waals surface area contributed by atoms with Crippen LogP contribution in [0.3, 0.4) is 0 Å². The molecule has 2 rings (SSSR count). The van der Waals surface area contributed by atoms with E-state index < -0.39 is 11.6 Å². The van der Waals surface area contributed by atoms with Gasteiger partial charge in [-0.3, -0.25) is 4.79 Å². The predicted molar refractivity (Wildman–Crippen MR) is 63.9 cm³/mol. The summed E-state index contributed by atoms with van der Waals surface area (Å²) in [7, 11) is 0. The van der Waals surface area contributed by atoms with Crippen molar-refractivity contribution >= 4 is 37.6 Å². The molecule has 1 heterocycles. The second kappa shape index (κ2) is 4.51. The molecule has 0 radical (unpaired) electrons. The average molecular weight is 348 g/mol. The van der Waals surface area contributed by atoms with Crippen LogP contribution in [0.4, 0.5) is 4.39 Å². The first kappa shape index (κ1) is 11.5. The van der Waals surface area contributed by atoms with Crippen LogP contribution in [0.15, 0.2) is 43.9 Å². The molecule has 2 aromatic rings. The zero-order valence-electron chi connectivity index (χ0n) is 7.84. The standard InChI is InChI=1S/C11H5Br2FO2/c12-7-3-1-2-6(9(7)14)10(15)11-8(13)4-5-16-11/h1-5H. The molecule has 0 unspecified atom stereocenters. The lowest BCUT2D eigenvalue weighted by Gasteiger charge is -2.01. The van der Waals surface area contributed by atoms with Crippen molar-refractivity contribution in [2.45, 2.75) is 0 Å². The number of carbonyl (C=O) groups excluding carboxylic acids is 1. The largest absolute Gasteiger partial charge is 0.460 e. The summed E-state index contributed by atoms with van der Waals surface area (Å²) in [6.07, 6.45) is 1.37. The van der Waals surface area contributed by atoms with E-state index >= 15 is 0 Å². The van der Waals surface area contributed by atoms with Crippen molar-refractivity contribution in [2.75, 3.05) is 0 Å². The molecule has 2 nitrogen and oxygen atoms in total. The molecule has 0 atom stereocenters. The van der Waals surface area contributed by atoms with Crippen LogP contribution in [-0.4, -0.2) is 5.78 Å². The molecule has 0 aliphatic rings. The second-order valence-corrected chi connectivity index (χ2v) is 4.74. The number of rotatable bonds is 2. The minimum absolute atomic E-state index is 0.0231. The second-order valence-electron chi connectivity index (χ2n) is 3.03. The van der Waals surface area contributed by atoms with Crippen LogP contribution in [0, 0.1) is 5.82 Å². The van der Waals surface area contributed by atoms with Crippen molar-refractivity contribution in [3.05, 3.63) is 56.6 Å². The van der Waals surface area contributed by atoms with Gasteiger partial charge in [-0.25, -0.2) is 4.39 Å². The lowest BCUT2D eigenvalue weighted by atomic mass is 10.1. The van der Waals surface area contributed by atoms with Crippen LogP contribution in [0.1, 0.15) is 16.1 Å². The summed E-state index contributed by atoms with van der Waals surface area (Å²) in [6.45, 7) is 0. The Hall–Kier alpha value is -0.940. The average Bonchev–Trinajstić information content (AvgIpc) is 2.68. The maximum atomic E-state index is 13.7. The van der Waals surface area contributed by atoms with Crippen LogP contribution in [-0.2, 0) is 0 Å². The molecule has 0 saturated heterocycles. The minimum Gasteiger partial charge on any atom is -0.460 e. The number of halogens is 3. The normalized spacial score (nSPS) is 10.4. The highest BCUT2D eigenvalue weighted by molar-refractivity contribution is 9.10. The third-order valence-electron chi connectivity index (χ3n) is 2.02. The molecular weight excluding hydrogens is 343 g/mol. The minimum atomic E-state index is -0.587. The Labute approximate surface area is 108 Å². The van der Waals surface area contributed by atoms with Crippen molar-refractivity contribution in [3.8, 4) is 0 Å². The zero-order valence-corrected chi connectivity index (χ0v) is 11.0. The molecule has 0 N–H and O–H groups in total. The summed E-state index contributed by atoms with van der Waals surface area (Å²) < 4.78 is 19.4. The van der Waals surface area contributed by atoms with E-state index in [1.165, 1.54) is 18.4 Å². The molecule has 0 amide bonds. The van der Waals surface area contributed by atoms with E-state index in [0.29, 0.717) is 4.47 Å². The van der Waals surface area contributed by atoms with Crippen LogP contribution >= 0.6 is 31.9 Å². The van der Waals surface area contributed by atoms with E-state index in [4.69, 9.17) is 4.42 Å². The molecule has 0 aliphatic heterocycles. The summed E-state index contributed by atoms with van der Waals surface area (Å²) in [4.78, 5) is 11.9. The summed E-state index contributed by atoms with van der Waals surface area (Å²) in [5.74, 6) is -0.983. The van der Waals surface area contributed by atoms with E-state index in [1.807, 2.05) is 0 Å². The fraction of sp³-hybridized carbons (Fsp3) is 0. The number of benzene rings is 1. The Bertz CT molecular complexity index is 549. The lowest BCUT2D eigenvalue weighted by Crippen LogP contribution is -2.04. The van der Waals surface area contributed by atoms with E-state index in [1.54, 1.807) is 12.1 Å². The van der Waals surface area contributed by atoms with E-state index in [2.05, 4.69) is 31.9 Å². The first-order chi connectivity index (χ1) is 7.61. The van der Waals surface area contributed by atoms with Gasteiger partial charge in [0.05, 0.1) is 20.8 Å². The molecule has 5 heteroatoms. The predicted octanol–water partition coefficient (Wildman–Crippen LogP) is 4.17. The number of ketones is 1. The van der Waals surface area contributed by atoms with Crippen LogP contribution in [0.25, 0.3) is 0 Å². The summed E-state index contributed by atoms with van der Waals surface area (Å²) in [5.41, 5.74) is -0.0231. The van der Waals surface area contributed by atoms with Gasteiger partial charge >= 0.3 is 0 Å². The zero-order chi connectivity index (χ0) is 11.7. The molecule has 0 aliphatic carbocycles. The van der Waals surface area contributed by atoms with Gasteiger partial charge in [-0.1, -0.05) is 6.07 Å². The molecule has 1 aromatic carbocycles. The van der Waals surface area contributed by atoms with Crippen LogP contribution in [0.2, 0.25) is 0 Å². The summed E-state index contributed by atoms with van der Waals surface area (Å²) >= 11 is 6.19. The molecule has 0 spiro atoms. The maximum absolute atomic E-state index is 13.7. The lowest BCUT2D eigenvalue weighted by molar-refractivity contribution is 0.100. The summed E-state index contributed by atoms with van der Waals surface area (Å²) in [6, 6.07) is 6.13. The number of furan rings is 1. The number of hydrogen-bond acceptors (Lipinski definition) is 2. The third kappa shape index (κ3) is 1.97. The first-order valence-electron chi connectivity index (χ1n) is 4.33. The highest BCUT2D eigenvalue weighted by Gasteiger charge is 2.20. The topological polar surface area (TPSA) is 30.2 Å². The molecule has 82 valence electrons. The fourth-order valence-electron chi connectivity index (χ4n) is 1.26. The summed E-state index contributed by atoms with van der Waals surface area (Å²) in [5, 5.41) is 0. The van der Waals surface area contributed by atoms with Crippen molar-refractivity contribution in [1.82, 2.24) is 0 Å². The highest BCUT2D eigenvalue weighted by atomic mass is 79.9. The Morgan fingerprint density at radius 2 is 1.94 bits per heavy atom. The Morgan fingerprint density at radius 1 is 1.19 bits per heavy atom. The smallest absolute Gasteiger partial charge is 0.232 e. The van der Waals surface area contributed by atoms with E-state index in [-0.39, 0.29) is 15.8 Å². The van der Waals surface area contributed by atoms with Crippen molar-refractivity contribution in [1.29, 1.82) is 0 Å². The molecular formula is C11H5Br2FO2. The quantitative estimate of drug-likeness (QED) is 0.763. The third-order valence-corrected chi connectivity index (χ3v) is 3.26. The highest BCUT2D eigenvalue weighted by Crippen LogP contribution is 2.25. The Kier molecular flexibility index (Phi) is 3.25. The van der Waals surface area contributed by atoms with Gasteiger partial charge in [-0.15, -0.1) is 0 Å². The first-order valence-corrected chi connectivity index (χ1v) is 5.91. The fourth-order valence-corrected chi connectivity index (χ4v) is 2.00.